The van der Waals surface area contributed by atoms with E-state index in [1.54, 1.807) is 79.4 Å². The summed E-state index contributed by atoms with van der Waals surface area (Å²) in [6.45, 7) is 8.29. The first kappa shape index (κ1) is 27.0. The molecule has 2 rings (SSSR count). The summed E-state index contributed by atoms with van der Waals surface area (Å²) in [5.41, 5.74) is 7.59. The molecule has 0 bridgehead atoms. The zero-order chi connectivity index (χ0) is 25.8. The number of hydrogen-bond donors (Lipinski definition) is 2. The second-order valence-electron chi connectivity index (χ2n) is 7.73. The molecule has 0 aromatic heterocycles. The van der Waals surface area contributed by atoms with E-state index >= 15 is 0 Å². The highest BCUT2D eigenvalue weighted by molar-refractivity contribution is 5.98. The maximum Gasteiger partial charge on any atom is 0.343 e. The summed E-state index contributed by atoms with van der Waals surface area (Å²) in [6, 6.07) is 13.0. The Hall–Kier alpha value is -4.20. The number of benzene rings is 2. The third-order valence-corrected chi connectivity index (χ3v) is 4.99. The Kier molecular flexibility index (Phi) is 10.4. The zero-order valence-corrected chi connectivity index (χ0v) is 20.1. The van der Waals surface area contributed by atoms with E-state index in [9.17, 15) is 14.4 Å². The van der Waals surface area contributed by atoms with Gasteiger partial charge in [0, 0.05) is 30.6 Å². The van der Waals surface area contributed by atoms with Crippen molar-refractivity contribution in [1.29, 1.82) is 5.41 Å². The minimum absolute atomic E-state index is 0.0652. The van der Waals surface area contributed by atoms with Crippen molar-refractivity contribution in [3.8, 4) is 5.75 Å². The van der Waals surface area contributed by atoms with Crippen LogP contribution in [0.1, 0.15) is 48.2 Å². The van der Waals surface area contributed by atoms with Gasteiger partial charge in [-0.3, -0.25) is 15.0 Å². The Labute approximate surface area is 205 Å². The molecule has 1 amide bonds. The van der Waals surface area contributed by atoms with Gasteiger partial charge in [-0.05, 0) is 68.3 Å². The molecule has 0 atom stereocenters. The molecule has 8 nitrogen and oxygen atoms in total. The first-order valence-electron chi connectivity index (χ1n) is 11.3. The normalized spacial score (nSPS) is 10.9. The molecule has 0 aliphatic carbocycles. The number of esters is 2. The average molecular weight is 478 g/mol. The van der Waals surface area contributed by atoms with Gasteiger partial charge in [0.05, 0.1) is 12.2 Å². The Morgan fingerprint density at radius 1 is 1.06 bits per heavy atom. The van der Waals surface area contributed by atoms with Crippen molar-refractivity contribution in [3.05, 3.63) is 83.4 Å². The number of nitrogens with two attached hydrogens (primary N) is 1. The predicted octanol–water partition coefficient (Wildman–Crippen LogP) is 3.95. The standard InChI is InChI=1S/C27H31N3O5/c1-4-16-30(17-6-7-24(31)34-5-2)26(32)19(3)18-20-8-10-22(11-9-20)27(33)35-23-14-12-21(13-15-23)25(28)29/h4,8-15,18H,1,5-7,16-17H2,2-3H3,(H3,28,29)/b19-18+. The molecule has 8 heteroatoms. The second-order valence-corrected chi connectivity index (χ2v) is 7.73. The first-order chi connectivity index (χ1) is 16.7. The lowest BCUT2D eigenvalue weighted by Crippen LogP contribution is -2.33. The summed E-state index contributed by atoms with van der Waals surface area (Å²) >= 11 is 0. The number of hydrogen-bond acceptors (Lipinski definition) is 6. The highest BCUT2D eigenvalue weighted by Crippen LogP contribution is 2.16. The van der Waals surface area contributed by atoms with Crippen LogP contribution in [0.5, 0.6) is 5.75 Å². The van der Waals surface area contributed by atoms with Gasteiger partial charge >= 0.3 is 11.9 Å². The first-order valence-corrected chi connectivity index (χ1v) is 11.3. The molecule has 2 aromatic carbocycles. The quantitative estimate of drug-likeness (QED) is 0.119. The van der Waals surface area contributed by atoms with E-state index < -0.39 is 5.97 Å². The van der Waals surface area contributed by atoms with Gasteiger partial charge in [0.2, 0.25) is 5.91 Å². The van der Waals surface area contributed by atoms with Crippen molar-refractivity contribution < 1.29 is 23.9 Å². The van der Waals surface area contributed by atoms with Crippen molar-refractivity contribution in [2.75, 3.05) is 19.7 Å². The van der Waals surface area contributed by atoms with E-state index in [2.05, 4.69) is 6.58 Å². The van der Waals surface area contributed by atoms with Gasteiger partial charge in [0.1, 0.15) is 11.6 Å². The minimum Gasteiger partial charge on any atom is -0.466 e. The number of carbonyl (C=O) groups excluding carboxylic acids is 3. The van der Waals surface area contributed by atoms with E-state index in [1.807, 2.05) is 0 Å². The summed E-state index contributed by atoms with van der Waals surface area (Å²) < 4.78 is 10.3. The molecule has 0 saturated carbocycles. The van der Waals surface area contributed by atoms with Gasteiger partial charge in [0.15, 0.2) is 0 Å². The molecule has 0 unspecified atom stereocenters. The van der Waals surface area contributed by atoms with Crippen LogP contribution < -0.4 is 10.5 Å². The topological polar surface area (TPSA) is 123 Å². The van der Waals surface area contributed by atoms with Crippen molar-refractivity contribution in [2.24, 2.45) is 5.73 Å². The number of nitrogens with zero attached hydrogens (tertiary/aromatic N) is 1. The maximum atomic E-state index is 12.9. The number of nitrogens with one attached hydrogen (secondary N) is 1. The minimum atomic E-state index is -0.525. The lowest BCUT2D eigenvalue weighted by Gasteiger charge is -2.21. The van der Waals surface area contributed by atoms with Crippen molar-refractivity contribution in [3.63, 3.8) is 0 Å². The Morgan fingerprint density at radius 2 is 1.69 bits per heavy atom. The summed E-state index contributed by atoms with van der Waals surface area (Å²) in [5.74, 6) is -0.688. The second kappa shape index (κ2) is 13.5. The third-order valence-electron chi connectivity index (χ3n) is 4.99. The summed E-state index contributed by atoms with van der Waals surface area (Å²) in [7, 11) is 0. The van der Waals surface area contributed by atoms with Crippen LogP contribution in [0, 0.1) is 5.41 Å². The maximum absolute atomic E-state index is 12.9. The van der Waals surface area contributed by atoms with Crippen LogP contribution in [0.25, 0.3) is 6.08 Å². The fourth-order valence-corrected chi connectivity index (χ4v) is 3.22. The largest absolute Gasteiger partial charge is 0.466 e. The number of rotatable bonds is 12. The molecule has 0 heterocycles. The number of ether oxygens (including phenoxy) is 2. The van der Waals surface area contributed by atoms with Crippen LogP contribution in [0.3, 0.4) is 0 Å². The molecule has 184 valence electrons. The highest BCUT2D eigenvalue weighted by atomic mass is 16.5. The van der Waals surface area contributed by atoms with E-state index in [1.165, 1.54) is 0 Å². The molecule has 3 N–H and O–H groups in total. The van der Waals surface area contributed by atoms with Crippen LogP contribution in [0.2, 0.25) is 0 Å². The van der Waals surface area contributed by atoms with Gasteiger partial charge in [-0.2, -0.15) is 0 Å². The van der Waals surface area contributed by atoms with Crippen LogP contribution in [0.15, 0.2) is 66.8 Å². The van der Waals surface area contributed by atoms with Crippen LogP contribution in [0.4, 0.5) is 0 Å². The van der Waals surface area contributed by atoms with Crippen LogP contribution in [-0.4, -0.2) is 48.3 Å². The number of amidine groups is 1. The predicted molar refractivity (Wildman–Crippen MR) is 135 cm³/mol. The van der Waals surface area contributed by atoms with E-state index in [4.69, 9.17) is 20.6 Å². The van der Waals surface area contributed by atoms with Gasteiger partial charge in [-0.15, -0.1) is 6.58 Å². The van der Waals surface area contributed by atoms with Gasteiger partial charge < -0.3 is 20.1 Å². The van der Waals surface area contributed by atoms with Gasteiger partial charge in [-0.25, -0.2) is 4.79 Å². The molecular weight excluding hydrogens is 446 g/mol. The lowest BCUT2D eigenvalue weighted by molar-refractivity contribution is -0.143. The fraction of sp³-hybridized carbons (Fsp3) is 0.259. The van der Waals surface area contributed by atoms with Crippen LogP contribution in [-0.2, 0) is 14.3 Å². The van der Waals surface area contributed by atoms with Gasteiger partial charge in [0.25, 0.3) is 0 Å². The number of nitrogen functional groups attached to an aromatic ring is 1. The molecule has 35 heavy (non-hydrogen) atoms. The van der Waals surface area contributed by atoms with Crippen molar-refractivity contribution >= 4 is 29.8 Å². The monoisotopic (exact) mass is 477 g/mol. The molecule has 0 aliphatic heterocycles. The Bertz CT molecular complexity index is 1090. The molecule has 2 aromatic rings. The summed E-state index contributed by atoms with van der Waals surface area (Å²) in [4.78, 5) is 38.5. The molecule has 0 spiro atoms. The number of carbonyl (C=O) groups is 3. The highest BCUT2D eigenvalue weighted by Gasteiger charge is 2.15. The van der Waals surface area contributed by atoms with E-state index in [-0.39, 0.29) is 24.1 Å². The van der Waals surface area contributed by atoms with E-state index in [0.717, 1.165) is 5.56 Å². The lowest BCUT2D eigenvalue weighted by atomic mass is 10.1. The summed E-state index contributed by atoms with van der Waals surface area (Å²) in [5, 5.41) is 7.40. The Balaban J connectivity index is 2.00. The van der Waals surface area contributed by atoms with Crippen LogP contribution >= 0.6 is 0 Å². The molecular formula is C27H31N3O5. The van der Waals surface area contributed by atoms with Gasteiger partial charge in [-0.1, -0.05) is 18.2 Å². The molecule has 0 fully saturated rings. The average Bonchev–Trinajstić information content (AvgIpc) is 2.84. The Morgan fingerprint density at radius 3 is 2.26 bits per heavy atom. The molecule has 0 saturated heterocycles. The molecule has 0 aliphatic rings. The van der Waals surface area contributed by atoms with Crippen molar-refractivity contribution in [1.82, 2.24) is 4.90 Å². The van der Waals surface area contributed by atoms with Crippen molar-refractivity contribution in [2.45, 2.75) is 26.7 Å². The third kappa shape index (κ3) is 8.58. The summed E-state index contributed by atoms with van der Waals surface area (Å²) in [6.07, 6.45) is 4.12. The SMILES string of the molecule is C=CCN(CCCC(=O)OCC)C(=O)/C(C)=C/c1ccc(C(=O)Oc2ccc(C(=N)N)cc2)cc1. The fourth-order valence-electron chi connectivity index (χ4n) is 3.22. The number of amides is 1. The smallest absolute Gasteiger partial charge is 0.343 e. The van der Waals surface area contributed by atoms with E-state index in [0.29, 0.717) is 48.6 Å². The molecule has 0 radical (unpaired) electrons. The zero-order valence-electron chi connectivity index (χ0n) is 20.1.